The van der Waals surface area contributed by atoms with Crippen LogP contribution in [0.25, 0.3) is 0 Å². The number of nitrogens with one attached hydrogen (secondary N) is 1. The number of hydrogen-bond acceptors (Lipinski definition) is 2. The quantitative estimate of drug-likeness (QED) is 0.730. The summed E-state index contributed by atoms with van der Waals surface area (Å²) in [7, 11) is 1.88. The molecule has 3 nitrogen and oxygen atoms in total. The third-order valence-corrected chi connectivity index (χ3v) is 3.99. The second-order valence-electron chi connectivity index (χ2n) is 5.03. The maximum absolute atomic E-state index is 11.6. The summed E-state index contributed by atoms with van der Waals surface area (Å²) in [5.41, 5.74) is 0.460. The predicted molar refractivity (Wildman–Crippen MR) is 56.0 cm³/mol. The highest BCUT2D eigenvalue weighted by atomic mass is 16.2. The number of likely N-dealkylation sites (N-methyl/N-ethyl adjacent to an activating group) is 1. The zero-order valence-electron chi connectivity index (χ0n) is 9.34. The number of hydrogen-bond donors (Lipinski definition) is 1. The molecule has 2 rings (SSSR count). The van der Waals surface area contributed by atoms with Crippen LogP contribution < -0.4 is 5.32 Å². The third-order valence-electron chi connectivity index (χ3n) is 3.99. The molecule has 0 spiro atoms. The highest BCUT2D eigenvalue weighted by molar-refractivity contribution is 5.83. The van der Waals surface area contributed by atoms with Crippen molar-refractivity contribution in [1.82, 2.24) is 10.2 Å². The minimum absolute atomic E-state index is 0.0957. The van der Waals surface area contributed by atoms with Crippen LogP contribution in [0.1, 0.15) is 33.1 Å². The Balaban J connectivity index is 1.86. The second-order valence-corrected chi connectivity index (χ2v) is 5.03. The van der Waals surface area contributed by atoms with Crippen molar-refractivity contribution < 1.29 is 4.79 Å². The fourth-order valence-electron chi connectivity index (χ4n) is 2.28. The van der Waals surface area contributed by atoms with E-state index in [0.717, 1.165) is 13.0 Å². The molecule has 0 aromatic carbocycles. The van der Waals surface area contributed by atoms with Gasteiger partial charge in [-0.25, -0.2) is 0 Å². The van der Waals surface area contributed by atoms with Gasteiger partial charge < -0.3 is 10.2 Å². The first kappa shape index (κ1) is 9.97. The van der Waals surface area contributed by atoms with Gasteiger partial charge in [-0.05, 0) is 24.7 Å². The highest BCUT2D eigenvalue weighted by Gasteiger charge is 2.50. The summed E-state index contributed by atoms with van der Waals surface area (Å²) < 4.78 is 0. The summed E-state index contributed by atoms with van der Waals surface area (Å²) in [6, 6.07) is 0.673. The van der Waals surface area contributed by atoms with Gasteiger partial charge in [0.05, 0.1) is 6.04 Å². The lowest BCUT2D eigenvalue weighted by Gasteiger charge is -2.14. The maximum atomic E-state index is 11.6. The van der Waals surface area contributed by atoms with Crippen molar-refractivity contribution in [3.8, 4) is 0 Å². The Kier molecular flexibility index (Phi) is 2.30. The highest BCUT2D eigenvalue weighted by Crippen LogP contribution is 2.48. The Morgan fingerprint density at radius 2 is 2.36 bits per heavy atom. The summed E-state index contributed by atoms with van der Waals surface area (Å²) in [5, 5.41) is 3.48. The third kappa shape index (κ3) is 1.54. The minimum atomic E-state index is 0.0957. The van der Waals surface area contributed by atoms with Gasteiger partial charge in [0, 0.05) is 19.6 Å². The topological polar surface area (TPSA) is 32.3 Å². The lowest BCUT2D eigenvalue weighted by Crippen LogP contribution is -2.39. The molecule has 1 aliphatic carbocycles. The average molecular weight is 196 g/mol. The predicted octanol–water partition coefficient (Wildman–Crippen LogP) is 0.995. The fraction of sp³-hybridized carbons (Fsp3) is 0.909. The van der Waals surface area contributed by atoms with Crippen LogP contribution in [0.4, 0.5) is 0 Å². The lowest BCUT2D eigenvalue weighted by atomic mass is 10.1. The zero-order chi connectivity index (χ0) is 10.3. The van der Waals surface area contributed by atoms with E-state index in [2.05, 4.69) is 19.2 Å². The maximum Gasteiger partial charge on any atom is 0.239 e. The molecular formula is C11H20N2O. The number of carbonyl (C=O) groups excluding carboxylic acids is 1. The van der Waals surface area contributed by atoms with Gasteiger partial charge in [-0.15, -0.1) is 0 Å². The van der Waals surface area contributed by atoms with Crippen molar-refractivity contribution in [3.05, 3.63) is 0 Å². The van der Waals surface area contributed by atoms with Crippen LogP contribution in [0.3, 0.4) is 0 Å². The standard InChI is InChI=1S/C11H20N2O/c1-4-11(2)7-9(11)12-8-5-6-13(3)10(8)14/h8-9,12H,4-7H2,1-3H3. The largest absolute Gasteiger partial charge is 0.344 e. The van der Waals surface area contributed by atoms with Gasteiger partial charge in [-0.2, -0.15) is 0 Å². The lowest BCUT2D eigenvalue weighted by molar-refractivity contribution is -0.128. The Morgan fingerprint density at radius 1 is 1.64 bits per heavy atom. The molecule has 3 unspecified atom stereocenters. The van der Waals surface area contributed by atoms with Gasteiger partial charge in [0.2, 0.25) is 5.91 Å². The molecule has 0 aromatic rings. The molecule has 2 aliphatic rings. The molecule has 1 heterocycles. The first-order chi connectivity index (χ1) is 6.57. The molecule has 1 aliphatic heterocycles. The summed E-state index contributed by atoms with van der Waals surface area (Å²) >= 11 is 0. The first-order valence-corrected chi connectivity index (χ1v) is 5.58. The number of nitrogens with zero attached hydrogens (tertiary/aromatic N) is 1. The number of amides is 1. The average Bonchev–Trinajstić information content (AvgIpc) is 2.72. The van der Waals surface area contributed by atoms with Crippen LogP contribution in [-0.2, 0) is 4.79 Å². The van der Waals surface area contributed by atoms with Crippen molar-refractivity contribution in [2.45, 2.75) is 45.2 Å². The minimum Gasteiger partial charge on any atom is -0.344 e. The molecular weight excluding hydrogens is 176 g/mol. The Labute approximate surface area is 85.8 Å². The van der Waals surface area contributed by atoms with Gasteiger partial charge in [0.25, 0.3) is 0 Å². The molecule has 2 fully saturated rings. The van der Waals surface area contributed by atoms with Gasteiger partial charge in [-0.1, -0.05) is 13.8 Å². The van der Waals surface area contributed by atoms with Crippen LogP contribution in [0.5, 0.6) is 0 Å². The van der Waals surface area contributed by atoms with E-state index in [1.54, 1.807) is 0 Å². The molecule has 14 heavy (non-hydrogen) atoms. The number of carbonyl (C=O) groups is 1. The molecule has 1 saturated carbocycles. The molecule has 80 valence electrons. The fourth-order valence-corrected chi connectivity index (χ4v) is 2.28. The molecule has 0 aromatic heterocycles. The van der Waals surface area contributed by atoms with Crippen LogP contribution in [-0.4, -0.2) is 36.5 Å². The Morgan fingerprint density at radius 3 is 2.79 bits per heavy atom. The Bertz CT molecular complexity index is 254. The Hall–Kier alpha value is -0.570. The molecule has 1 amide bonds. The SMILES string of the molecule is CCC1(C)CC1NC1CCN(C)C1=O. The van der Waals surface area contributed by atoms with Crippen LogP contribution >= 0.6 is 0 Å². The van der Waals surface area contributed by atoms with Gasteiger partial charge in [-0.3, -0.25) is 4.79 Å². The molecule has 1 saturated heterocycles. The van der Waals surface area contributed by atoms with E-state index in [9.17, 15) is 4.79 Å². The van der Waals surface area contributed by atoms with E-state index in [-0.39, 0.29) is 11.9 Å². The van der Waals surface area contributed by atoms with Crippen LogP contribution in [0, 0.1) is 5.41 Å². The first-order valence-electron chi connectivity index (χ1n) is 5.58. The van der Waals surface area contributed by atoms with E-state index < -0.39 is 0 Å². The van der Waals surface area contributed by atoms with Crippen LogP contribution in [0.2, 0.25) is 0 Å². The van der Waals surface area contributed by atoms with E-state index in [4.69, 9.17) is 0 Å². The zero-order valence-corrected chi connectivity index (χ0v) is 9.34. The van der Waals surface area contributed by atoms with E-state index in [1.165, 1.54) is 12.8 Å². The monoisotopic (exact) mass is 196 g/mol. The van der Waals surface area contributed by atoms with Gasteiger partial charge >= 0.3 is 0 Å². The number of likely N-dealkylation sites (tertiary alicyclic amines) is 1. The summed E-state index contributed by atoms with van der Waals surface area (Å²) in [6.07, 6.45) is 3.42. The van der Waals surface area contributed by atoms with Crippen LogP contribution in [0.15, 0.2) is 0 Å². The summed E-state index contributed by atoms with van der Waals surface area (Å²) in [5.74, 6) is 0.273. The molecule has 3 atom stereocenters. The van der Waals surface area contributed by atoms with E-state index in [0.29, 0.717) is 11.5 Å². The van der Waals surface area contributed by atoms with Gasteiger partial charge in [0.15, 0.2) is 0 Å². The van der Waals surface area contributed by atoms with Gasteiger partial charge in [0.1, 0.15) is 0 Å². The van der Waals surface area contributed by atoms with Crippen molar-refractivity contribution in [3.63, 3.8) is 0 Å². The molecule has 0 radical (unpaired) electrons. The molecule has 3 heteroatoms. The summed E-state index contributed by atoms with van der Waals surface area (Å²) in [4.78, 5) is 13.5. The molecule has 0 bridgehead atoms. The summed E-state index contributed by atoms with van der Waals surface area (Å²) in [6.45, 7) is 5.43. The van der Waals surface area contributed by atoms with Crippen molar-refractivity contribution >= 4 is 5.91 Å². The normalized spacial score (nSPS) is 41.9. The van der Waals surface area contributed by atoms with E-state index >= 15 is 0 Å². The van der Waals surface area contributed by atoms with Crippen molar-refractivity contribution in [1.29, 1.82) is 0 Å². The van der Waals surface area contributed by atoms with Crippen molar-refractivity contribution in [2.75, 3.05) is 13.6 Å². The second kappa shape index (κ2) is 3.23. The molecule has 1 N–H and O–H groups in total. The van der Waals surface area contributed by atoms with Crippen molar-refractivity contribution in [2.24, 2.45) is 5.41 Å². The van der Waals surface area contributed by atoms with E-state index in [1.807, 2.05) is 11.9 Å². The smallest absolute Gasteiger partial charge is 0.239 e. The number of rotatable bonds is 3.